The predicted octanol–water partition coefficient (Wildman–Crippen LogP) is 2.85. The zero-order valence-electron chi connectivity index (χ0n) is 21.1. The Labute approximate surface area is 222 Å². The van der Waals surface area contributed by atoms with Gasteiger partial charge < -0.3 is 20.4 Å². The number of fused-ring (bicyclic) bond motifs is 1. The second kappa shape index (κ2) is 10.7. The van der Waals surface area contributed by atoms with Gasteiger partial charge in [-0.3, -0.25) is 19.0 Å². The molecular weight excluding hydrogens is 503 g/mol. The van der Waals surface area contributed by atoms with Gasteiger partial charge in [0, 0.05) is 50.7 Å². The molecular formula is C27H25FN8O3. The fourth-order valence-corrected chi connectivity index (χ4v) is 4.35. The lowest BCUT2D eigenvalue weighted by Crippen LogP contribution is -2.48. The second-order valence-corrected chi connectivity index (χ2v) is 8.88. The van der Waals surface area contributed by atoms with Gasteiger partial charge >= 0.3 is 0 Å². The number of aromatic nitrogens is 4. The van der Waals surface area contributed by atoms with Crippen LogP contribution in [0.5, 0.6) is 0 Å². The molecule has 1 aliphatic rings. The average molecular weight is 529 g/mol. The molecule has 3 heterocycles. The van der Waals surface area contributed by atoms with E-state index in [2.05, 4.69) is 32.2 Å². The van der Waals surface area contributed by atoms with Gasteiger partial charge in [-0.25, -0.2) is 9.37 Å². The molecule has 11 nitrogen and oxygen atoms in total. The molecule has 0 atom stereocenters. The summed E-state index contributed by atoms with van der Waals surface area (Å²) in [6.07, 6.45) is 3.87. The highest BCUT2D eigenvalue weighted by atomic mass is 19.1. The molecule has 2 amide bonds. The molecule has 39 heavy (non-hydrogen) atoms. The first-order valence-electron chi connectivity index (χ1n) is 12.2. The van der Waals surface area contributed by atoms with E-state index in [4.69, 9.17) is 0 Å². The maximum absolute atomic E-state index is 15.0. The van der Waals surface area contributed by atoms with Crippen molar-refractivity contribution in [2.45, 2.75) is 6.92 Å². The first-order valence-corrected chi connectivity index (χ1v) is 12.2. The Morgan fingerprint density at radius 3 is 2.56 bits per heavy atom. The number of hydrogen-bond acceptors (Lipinski definition) is 8. The van der Waals surface area contributed by atoms with Crippen molar-refractivity contribution in [2.24, 2.45) is 0 Å². The third kappa shape index (κ3) is 5.44. The highest BCUT2D eigenvalue weighted by Gasteiger charge is 2.21. The monoisotopic (exact) mass is 528 g/mol. The van der Waals surface area contributed by atoms with Crippen molar-refractivity contribution in [2.75, 3.05) is 41.7 Å². The highest BCUT2D eigenvalue weighted by molar-refractivity contribution is 5.99. The largest absolute Gasteiger partial charge is 0.366 e. The Kier molecular flexibility index (Phi) is 7.00. The van der Waals surface area contributed by atoms with Crippen LogP contribution in [0.15, 0.2) is 72.4 Å². The van der Waals surface area contributed by atoms with Gasteiger partial charge in [0.15, 0.2) is 5.65 Å². The number of nitrogens with zero attached hydrogens (tertiary/aromatic N) is 6. The molecule has 2 N–H and O–H groups in total. The number of amides is 2. The Morgan fingerprint density at radius 1 is 1.05 bits per heavy atom. The van der Waals surface area contributed by atoms with Crippen LogP contribution in [-0.2, 0) is 9.59 Å². The molecule has 0 aliphatic carbocycles. The maximum Gasteiger partial charge on any atom is 0.283 e. The summed E-state index contributed by atoms with van der Waals surface area (Å²) in [4.78, 5) is 52.0. The minimum absolute atomic E-state index is 0.0124. The predicted molar refractivity (Wildman–Crippen MR) is 146 cm³/mol. The SMILES string of the molecule is C=CC(=O)Nc1cccc(-n2cnc(=O)c3cnc(Nc4ccc(N5CCN(C(C)=O)CC5)c(F)c4)nc32)c1. The van der Waals surface area contributed by atoms with Crippen LogP contribution in [0.25, 0.3) is 16.7 Å². The van der Waals surface area contributed by atoms with Crippen LogP contribution in [-0.4, -0.2) is 62.4 Å². The van der Waals surface area contributed by atoms with Crippen molar-refractivity contribution in [1.29, 1.82) is 0 Å². The lowest BCUT2D eigenvalue weighted by Gasteiger charge is -2.35. The summed E-state index contributed by atoms with van der Waals surface area (Å²) >= 11 is 0. The number of nitrogens with one attached hydrogen (secondary N) is 2. The van der Waals surface area contributed by atoms with Crippen LogP contribution in [0.1, 0.15) is 6.92 Å². The molecule has 5 rings (SSSR count). The van der Waals surface area contributed by atoms with Crippen LogP contribution in [0.2, 0.25) is 0 Å². The van der Waals surface area contributed by atoms with Crippen molar-refractivity contribution in [3.8, 4) is 5.69 Å². The van der Waals surface area contributed by atoms with Crippen molar-refractivity contribution < 1.29 is 14.0 Å². The first-order chi connectivity index (χ1) is 18.8. The molecule has 0 saturated carbocycles. The van der Waals surface area contributed by atoms with E-state index in [9.17, 15) is 14.4 Å². The van der Waals surface area contributed by atoms with E-state index in [1.54, 1.807) is 45.9 Å². The zero-order valence-corrected chi connectivity index (χ0v) is 21.1. The molecule has 0 unspecified atom stereocenters. The summed E-state index contributed by atoms with van der Waals surface area (Å²) in [6.45, 7) is 7.15. The Balaban J connectivity index is 1.41. The number of benzene rings is 2. The fourth-order valence-electron chi connectivity index (χ4n) is 4.35. The molecule has 12 heteroatoms. The number of carbonyl (C=O) groups is 2. The minimum atomic E-state index is -0.496. The lowest BCUT2D eigenvalue weighted by molar-refractivity contribution is -0.129. The Morgan fingerprint density at radius 2 is 1.85 bits per heavy atom. The first kappa shape index (κ1) is 25.5. The summed E-state index contributed by atoms with van der Waals surface area (Å²) in [7, 11) is 0. The number of hydrogen-bond donors (Lipinski definition) is 2. The average Bonchev–Trinajstić information content (AvgIpc) is 2.93. The van der Waals surface area contributed by atoms with Gasteiger partial charge in [-0.2, -0.15) is 9.97 Å². The number of halogens is 1. The minimum Gasteiger partial charge on any atom is -0.366 e. The third-order valence-electron chi connectivity index (χ3n) is 6.36. The summed E-state index contributed by atoms with van der Waals surface area (Å²) < 4.78 is 16.6. The van der Waals surface area contributed by atoms with Gasteiger partial charge in [-0.15, -0.1) is 0 Å². The van der Waals surface area contributed by atoms with Gasteiger partial charge in [-0.1, -0.05) is 12.6 Å². The Bertz CT molecular complexity index is 1650. The molecule has 1 aliphatic heterocycles. The molecule has 2 aromatic heterocycles. The van der Waals surface area contributed by atoms with Gasteiger partial charge in [0.1, 0.15) is 17.5 Å². The zero-order chi connectivity index (χ0) is 27.5. The quantitative estimate of drug-likeness (QED) is 0.366. The fraction of sp³-hybridized carbons (Fsp3) is 0.185. The van der Waals surface area contributed by atoms with E-state index in [0.717, 1.165) is 6.08 Å². The van der Waals surface area contributed by atoms with E-state index in [1.807, 2.05) is 4.90 Å². The highest BCUT2D eigenvalue weighted by Crippen LogP contribution is 2.26. The van der Waals surface area contributed by atoms with Crippen molar-refractivity contribution in [3.05, 3.63) is 83.8 Å². The van der Waals surface area contributed by atoms with Crippen molar-refractivity contribution >= 4 is 45.9 Å². The van der Waals surface area contributed by atoms with Crippen LogP contribution in [0, 0.1) is 5.82 Å². The molecule has 198 valence electrons. The summed E-state index contributed by atoms with van der Waals surface area (Å²) in [5.41, 5.74) is 1.78. The van der Waals surface area contributed by atoms with E-state index >= 15 is 4.39 Å². The molecule has 0 spiro atoms. The van der Waals surface area contributed by atoms with E-state index < -0.39 is 11.4 Å². The van der Waals surface area contributed by atoms with Crippen LogP contribution in [0.4, 0.5) is 27.4 Å². The number of piperazine rings is 1. The molecule has 1 fully saturated rings. The van der Waals surface area contributed by atoms with E-state index in [-0.39, 0.29) is 28.8 Å². The number of rotatable bonds is 6. The van der Waals surface area contributed by atoms with Crippen LogP contribution in [0.3, 0.4) is 0 Å². The summed E-state index contributed by atoms with van der Waals surface area (Å²) in [6, 6.07) is 11.7. The number of carbonyl (C=O) groups excluding carboxylic acids is 2. The molecule has 4 aromatic rings. The van der Waals surface area contributed by atoms with E-state index in [1.165, 1.54) is 25.5 Å². The summed E-state index contributed by atoms with van der Waals surface area (Å²) in [5, 5.41) is 5.88. The van der Waals surface area contributed by atoms with Gasteiger partial charge in [0.05, 0.1) is 11.4 Å². The standard InChI is InChI=1S/C27H25FN8O3/c1-3-24(38)31-18-5-4-6-20(13-18)36-16-30-26(39)21-15-29-27(33-25(21)36)32-19-7-8-23(22(28)14-19)35-11-9-34(10-12-35)17(2)37/h3-8,13-16H,1,9-12H2,2H3,(H,31,38)(H,29,32,33). The van der Waals surface area contributed by atoms with Gasteiger partial charge in [0.2, 0.25) is 17.8 Å². The van der Waals surface area contributed by atoms with Gasteiger partial charge in [0.25, 0.3) is 5.56 Å². The van der Waals surface area contributed by atoms with Crippen molar-refractivity contribution in [1.82, 2.24) is 24.4 Å². The lowest BCUT2D eigenvalue weighted by atomic mass is 10.2. The normalized spacial score (nSPS) is 13.3. The molecule has 1 saturated heterocycles. The van der Waals surface area contributed by atoms with Crippen LogP contribution < -0.4 is 21.1 Å². The van der Waals surface area contributed by atoms with Crippen LogP contribution >= 0.6 is 0 Å². The smallest absolute Gasteiger partial charge is 0.283 e. The molecule has 0 radical (unpaired) electrons. The second-order valence-electron chi connectivity index (χ2n) is 8.88. The topological polar surface area (TPSA) is 125 Å². The molecule has 0 bridgehead atoms. The van der Waals surface area contributed by atoms with E-state index in [0.29, 0.717) is 48.9 Å². The number of anilines is 4. The summed E-state index contributed by atoms with van der Waals surface area (Å²) in [5.74, 6) is -0.615. The van der Waals surface area contributed by atoms with Crippen molar-refractivity contribution in [3.63, 3.8) is 0 Å². The molecule has 2 aromatic carbocycles. The maximum atomic E-state index is 15.0. The van der Waals surface area contributed by atoms with Gasteiger partial charge in [-0.05, 0) is 42.5 Å². The Hall–Kier alpha value is -5.13. The third-order valence-corrected chi connectivity index (χ3v) is 6.36.